The van der Waals surface area contributed by atoms with Crippen LogP contribution in [0.1, 0.15) is 16.8 Å². The van der Waals surface area contributed by atoms with Crippen molar-refractivity contribution in [2.45, 2.75) is 23.4 Å². The molecule has 0 saturated heterocycles. The number of aromatic nitrogens is 2. The molecule has 3 nitrogen and oxygen atoms in total. The van der Waals surface area contributed by atoms with E-state index >= 15 is 0 Å². The van der Waals surface area contributed by atoms with Gasteiger partial charge in [-0.05, 0) is 50.8 Å². The van der Waals surface area contributed by atoms with Gasteiger partial charge in [-0.1, -0.05) is 35.5 Å². The molecule has 2 aromatic carbocycles. The van der Waals surface area contributed by atoms with Crippen LogP contribution in [-0.4, -0.2) is 35.5 Å². The average molecular weight is 382 g/mol. The highest BCUT2D eigenvalue weighted by Gasteiger charge is 2.14. The van der Waals surface area contributed by atoms with Crippen molar-refractivity contribution < 1.29 is 0 Å². The first kappa shape index (κ1) is 17.6. The summed E-state index contributed by atoms with van der Waals surface area (Å²) in [6.45, 7) is 3.21. The van der Waals surface area contributed by atoms with Crippen LogP contribution in [0.25, 0.3) is 21.1 Å². The first-order valence-electron chi connectivity index (χ1n) is 8.83. The number of fused-ring (bicyclic) bond motifs is 2. The van der Waals surface area contributed by atoms with E-state index < -0.39 is 0 Å². The number of aromatic amines is 1. The Bertz CT molecular complexity index is 1010. The number of likely N-dealkylation sites (N-methyl/N-ethyl adjacent to an activating group) is 1. The maximum atomic E-state index is 4.78. The summed E-state index contributed by atoms with van der Waals surface area (Å²) >= 11 is 3.63. The van der Waals surface area contributed by atoms with Crippen molar-refractivity contribution >= 4 is 44.2 Å². The highest BCUT2D eigenvalue weighted by atomic mass is 32.2. The number of nitrogens with one attached hydrogen (secondary N) is 1. The lowest BCUT2D eigenvalue weighted by atomic mass is 10.1. The minimum absolute atomic E-state index is 0.950. The van der Waals surface area contributed by atoms with Crippen molar-refractivity contribution in [2.75, 3.05) is 20.6 Å². The number of H-pyrrole nitrogens is 1. The molecular formula is C21H23N3S2. The zero-order chi connectivity index (χ0) is 18.1. The van der Waals surface area contributed by atoms with E-state index in [4.69, 9.17) is 4.98 Å². The highest BCUT2D eigenvalue weighted by molar-refractivity contribution is 8.00. The maximum absolute atomic E-state index is 4.78. The molecule has 0 fully saturated rings. The summed E-state index contributed by atoms with van der Waals surface area (Å²) in [7, 11) is 4.25. The Hall–Kier alpha value is -1.82. The average Bonchev–Trinajstić information content (AvgIpc) is 3.18. The first-order chi connectivity index (χ1) is 12.6. The molecule has 0 saturated carbocycles. The molecule has 5 heteroatoms. The van der Waals surface area contributed by atoms with Crippen LogP contribution in [0.4, 0.5) is 0 Å². The third kappa shape index (κ3) is 3.65. The normalized spacial score (nSPS) is 11.8. The second kappa shape index (κ2) is 7.43. The van der Waals surface area contributed by atoms with Crippen molar-refractivity contribution in [3.05, 3.63) is 59.3 Å². The van der Waals surface area contributed by atoms with Gasteiger partial charge in [-0.15, -0.1) is 11.3 Å². The van der Waals surface area contributed by atoms with Gasteiger partial charge in [0.25, 0.3) is 0 Å². The Morgan fingerprint density at radius 2 is 2.00 bits per heavy atom. The molecule has 4 rings (SSSR count). The van der Waals surface area contributed by atoms with Gasteiger partial charge in [0.2, 0.25) is 0 Å². The molecule has 0 amide bonds. The lowest BCUT2D eigenvalue weighted by Gasteiger charge is -2.09. The maximum Gasteiger partial charge on any atom is 0.151 e. The largest absolute Gasteiger partial charge is 0.358 e. The predicted molar refractivity (Wildman–Crippen MR) is 114 cm³/mol. The Labute approximate surface area is 162 Å². The van der Waals surface area contributed by atoms with E-state index in [0.29, 0.717) is 0 Å². The van der Waals surface area contributed by atoms with Gasteiger partial charge in [0.05, 0.1) is 10.2 Å². The van der Waals surface area contributed by atoms with Crippen LogP contribution < -0.4 is 0 Å². The topological polar surface area (TPSA) is 31.9 Å². The molecule has 0 radical (unpaired) electrons. The molecule has 26 heavy (non-hydrogen) atoms. The van der Waals surface area contributed by atoms with E-state index in [2.05, 4.69) is 73.4 Å². The standard InChI is InChI=1S/C21H23N3S2/c1-14-8-9-17-15(12-14)16(18(22-17)10-11-24(2)3)13-25-21-23-19-6-4-5-7-20(19)26-21/h4-9,12,22H,10-11,13H2,1-3H3. The van der Waals surface area contributed by atoms with Gasteiger partial charge >= 0.3 is 0 Å². The SMILES string of the molecule is Cc1ccc2[nH]c(CCN(C)C)c(CSc3nc4ccccc4s3)c2c1. The molecule has 2 aromatic heterocycles. The van der Waals surface area contributed by atoms with E-state index in [1.54, 1.807) is 11.3 Å². The van der Waals surface area contributed by atoms with Gasteiger partial charge in [-0.3, -0.25) is 0 Å². The number of rotatable bonds is 6. The second-order valence-electron chi connectivity index (χ2n) is 6.92. The van der Waals surface area contributed by atoms with E-state index in [9.17, 15) is 0 Å². The molecular weight excluding hydrogens is 358 g/mol. The summed E-state index contributed by atoms with van der Waals surface area (Å²) in [4.78, 5) is 10.7. The van der Waals surface area contributed by atoms with Gasteiger partial charge in [0.1, 0.15) is 0 Å². The van der Waals surface area contributed by atoms with Crippen LogP contribution >= 0.6 is 23.1 Å². The molecule has 0 spiro atoms. The molecule has 0 aliphatic rings. The zero-order valence-electron chi connectivity index (χ0n) is 15.4. The second-order valence-corrected chi connectivity index (χ2v) is 9.17. The number of benzene rings is 2. The molecule has 134 valence electrons. The monoisotopic (exact) mass is 381 g/mol. The van der Waals surface area contributed by atoms with Gasteiger partial charge in [0.15, 0.2) is 4.34 Å². The molecule has 0 bridgehead atoms. The van der Waals surface area contributed by atoms with E-state index in [1.807, 2.05) is 11.8 Å². The van der Waals surface area contributed by atoms with Crippen LogP contribution in [0.3, 0.4) is 0 Å². The van der Waals surface area contributed by atoms with E-state index in [-0.39, 0.29) is 0 Å². The fourth-order valence-electron chi connectivity index (χ4n) is 3.18. The fraction of sp³-hybridized carbons (Fsp3) is 0.286. The van der Waals surface area contributed by atoms with Crippen LogP contribution in [0.5, 0.6) is 0 Å². The summed E-state index contributed by atoms with van der Waals surface area (Å²) in [6.07, 6.45) is 1.04. The van der Waals surface area contributed by atoms with Crippen LogP contribution in [0, 0.1) is 6.92 Å². The van der Waals surface area contributed by atoms with Crippen molar-refractivity contribution in [1.82, 2.24) is 14.9 Å². The highest BCUT2D eigenvalue weighted by Crippen LogP contribution is 2.34. The number of nitrogens with zero attached hydrogens (tertiary/aromatic N) is 2. The lowest BCUT2D eigenvalue weighted by Crippen LogP contribution is -2.15. The van der Waals surface area contributed by atoms with Crippen molar-refractivity contribution in [2.24, 2.45) is 0 Å². The van der Waals surface area contributed by atoms with Crippen molar-refractivity contribution in [3.8, 4) is 0 Å². The molecule has 2 heterocycles. The van der Waals surface area contributed by atoms with Crippen LogP contribution in [0.2, 0.25) is 0 Å². The van der Waals surface area contributed by atoms with E-state index in [1.165, 1.54) is 32.4 Å². The van der Waals surface area contributed by atoms with Gasteiger partial charge < -0.3 is 9.88 Å². The number of aryl methyl sites for hydroxylation is 1. The van der Waals surface area contributed by atoms with Gasteiger partial charge in [-0.25, -0.2) is 4.98 Å². The molecule has 0 aliphatic carbocycles. The lowest BCUT2D eigenvalue weighted by molar-refractivity contribution is 0.412. The van der Waals surface area contributed by atoms with Gasteiger partial charge in [0, 0.05) is 35.3 Å². The summed E-state index contributed by atoms with van der Waals surface area (Å²) < 4.78 is 2.41. The summed E-state index contributed by atoms with van der Waals surface area (Å²) in [5.74, 6) is 0.950. The minimum atomic E-state index is 0.950. The summed E-state index contributed by atoms with van der Waals surface area (Å²) in [5.41, 5.74) is 6.43. The Morgan fingerprint density at radius 1 is 1.15 bits per heavy atom. The molecule has 0 unspecified atom stereocenters. The third-order valence-electron chi connectivity index (χ3n) is 4.57. The minimum Gasteiger partial charge on any atom is -0.358 e. The summed E-state index contributed by atoms with van der Waals surface area (Å²) in [6, 6.07) is 15.1. The Morgan fingerprint density at radius 3 is 2.81 bits per heavy atom. The predicted octanol–water partition coefficient (Wildman–Crippen LogP) is 5.48. The van der Waals surface area contributed by atoms with Crippen LogP contribution in [0.15, 0.2) is 46.8 Å². The first-order valence-corrected chi connectivity index (χ1v) is 10.6. The van der Waals surface area contributed by atoms with E-state index in [0.717, 1.165) is 28.6 Å². The number of thioether (sulfide) groups is 1. The third-order valence-corrected chi connectivity index (χ3v) is 6.78. The molecule has 0 atom stereocenters. The summed E-state index contributed by atoms with van der Waals surface area (Å²) in [5, 5.41) is 1.35. The molecule has 1 N–H and O–H groups in total. The quantitative estimate of drug-likeness (QED) is 0.449. The number of thiazole rings is 1. The number of hydrogen-bond acceptors (Lipinski definition) is 4. The van der Waals surface area contributed by atoms with Gasteiger partial charge in [-0.2, -0.15) is 0 Å². The van der Waals surface area contributed by atoms with Crippen molar-refractivity contribution in [3.63, 3.8) is 0 Å². The molecule has 0 aliphatic heterocycles. The zero-order valence-corrected chi connectivity index (χ0v) is 17.0. The van der Waals surface area contributed by atoms with Crippen molar-refractivity contribution in [1.29, 1.82) is 0 Å². The van der Waals surface area contributed by atoms with Crippen LogP contribution in [-0.2, 0) is 12.2 Å². The fourth-order valence-corrected chi connectivity index (χ4v) is 5.32. The Kier molecular flexibility index (Phi) is 5.02. The number of hydrogen-bond donors (Lipinski definition) is 1. The smallest absolute Gasteiger partial charge is 0.151 e. The molecule has 4 aromatic rings. The number of para-hydroxylation sites is 1. The Balaban J connectivity index is 1.64.